The number of amides is 1. The molecule has 1 unspecified atom stereocenters. The lowest BCUT2D eigenvalue weighted by atomic mass is 10.0. The maximum absolute atomic E-state index is 13.6. The maximum Gasteiger partial charge on any atom is 0.246 e. The van der Waals surface area contributed by atoms with Gasteiger partial charge in [0.2, 0.25) is 5.91 Å². The minimum atomic E-state index is -0.325. The number of rotatable bonds is 5. The lowest BCUT2D eigenvalue weighted by Crippen LogP contribution is -2.48. The summed E-state index contributed by atoms with van der Waals surface area (Å²) < 4.78 is 0. The van der Waals surface area contributed by atoms with Crippen molar-refractivity contribution in [3.05, 3.63) is 72.7 Å². The second-order valence-electron chi connectivity index (χ2n) is 8.06. The first-order valence-electron chi connectivity index (χ1n) is 10.6. The van der Waals surface area contributed by atoms with Gasteiger partial charge in [-0.25, -0.2) is 0 Å². The summed E-state index contributed by atoms with van der Waals surface area (Å²) in [6, 6.07) is 15.7. The topological polar surface area (TPSA) is 80.0 Å². The Morgan fingerprint density at radius 2 is 1.84 bits per heavy atom. The number of para-hydroxylation sites is 1. The van der Waals surface area contributed by atoms with E-state index in [1.807, 2.05) is 54.9 Å². The van der Waals surface area contributed by atoms with Gasteiger partial charge in [-0.2, -0.15) is 5.10 Å². The molecule has 5 rings (SSSR count). The Hall–Kier alpha value is -3.42. The Morgan fingerprint density at radius 3 is 2.58 bits per heavy atom. The second kappa shape index (κ2) is 8.37. The second-order valence-corrected chi connectivity index (χ2v) is 8.06. The molecule has 4 aromatic rings. The first-order chi connectivity index (χ1) is 15.2. The van der Waals surface area contributed by atoms with E-state index in [2.05, 4.69) is 43.4 Å². The smallest absolute Gasteiger partial charge is 0.246 e. The third-order valence-corrected chi connectivity index (χ3v) is 6.05. The fourth-order valence-corrected chi connectivity index (χ4v) is 4.34. The summed E-state index contributed by atoms with van der Waals surface area (Å²) in [6.07, 6.45) is 5.62. The molecule has 1 aliphatic heterocycles. The molecule has 1 fully saturated rings. The van der Waals surface area contributed by atoms with Crippen LogP contribution in [0.5, 0.6) is 0 Å². The number of aromatic amines is 2. The Kier molecular flexibility index (Phi) is 5.28. The molecule has 1 atom stereocenters. The molecule has 0 bridgehead atoms. The maximum atomic E-state index is 13.6. The molecular formula is C24H26N6O. The van der Waals surface area contributed by atoms with Gasteiger partial charge in [-0.3, -0.25) is 14.8 Å². The van der Waals surface area contributed by atoms with Crippen molar-refractivity contribution < 1.29 is 4.79 Å². The van der Waals surface area contributed by atoms with Crippen molar-refractivity contribution >= 4 is 22.5 Å². The number of carbonyl (C=O) groups excluding carboxylic acids is 1. The first kappa shape index (κ1) is 19.5. The van der Waals surface area contributed by atoms with Crippen LogP contribution in [0.15, 0.2) is 67.1 Å². The number of benzene rings is 2. The Balaban J connectivity index is 1.46. The molecule has 31 heavy (non-hydrogen) atoms. The average Bonchev–Trinajstić information content (AvgIpc) is 3.46. The molecule has 7 nitrogen and oxygen atoms in total. The van der Waals surface area contributed by atoms with Crippen LogP contribution in [0.25, 0.3) is 22.0 Å². The molecule has 3 heterocycles. The van der Waals surface area contributed by atoms with Gasteiger partial charge in [-0.1, -0.05) is 42.5 Å². The van der Waals surface area contributed by atoms with Crippen LogP contribution >= 0.6 is 0 Å². The van der Waals surface area contributed by atoms with E-state index in [4.69, 9.17) is 0 Å². The van der Waals surface area contributed by atoms with Gasteiger partial charge in [-0.05, 0) is 18.7 Å². The van der Waals surface area contributed by atoms with Crippen LogP contribution < -0.4 is 5.32 Å². The molecule has 158 valence electrons. The number of nitrogens with zero attached hydrogens (tertiary/aromatic N) is 3. The highest BCUT2D eigenvalue weighted by molar-refractivity contribution is 6.06. The highest BCUT2D eigenvalue weighted by Crippen LogP contribution is 2.33. The van der Waals surface area contributed by atoms with E-state index < -0.39 is 0 Å². The van der Waals surface area contributed by atoms with Crippen molar-refractivity contribution in [3.63, 3.8) is 0 Å². The van der Waals surface area contributed by atoms with Crippen LogP contribution in [-0.4, -0.2) is 64.1 Å². The normalized spacial score (nSPS) is 16.4. The fraction of sp³-hybridized carbons (Fsp3) is 0.250. The number of anilines is 1. The lowest BCUT2D eigenvalue weighted by molar-refractivity contribution is -0.122. The molecule has 1 amide bonds. The fourth-order valence-electron chi connectivity index (χ4n) is 4.34. The van der Waals surface area contributed by atoms with Crippen LogP contribution in [0.4, 0.5) is 5.69 Å². The molecule has 0 saturated carbocycles. The van der Waals surface area contributed by atoms with Gasteiger partial charge in [0.05, 0.1) is 17.4 Å². The summed E-state index contributed by atoms with van der Waals surface area (Å²) in [5, 5.41) is 11.2. The predicted octanol–water partition coefficient (Wildman–Crippen LogP) is 3.49. The van der Waals surface area contributed by atoms with Gasteiger partial charge >= 0.3 is 0 Å². The van der Waals surface area contributed by atoms with Crippen molar-refractivity contribution in [1.29, 1.82) is 0 Å². The van der Waals surface area contributed by atoms with Gasteiger partial charge in [0.1, 0.15) is 6.04 Å². The molecule has 0 radical (unpaired) electrons. The highest BCUT2D eigenvalue weighted by Gasteiger charge is 2.30. The third kappa shape index (κ3) is 3.85. The van der Waals surface area contributed by atoms with Crippen LogP contribution in [0.2, 0.25) is 0 Å². The lowest BCUT2D eigenvalue weighted by Gasteiger charge is -2.37. The van der Waals surface area contributed by atoms with Gasteiger partial charge < -0.3 is 15.2 Å². The Bertz CT molecular complexity index is 1160. The minimum absolute atomic E-state index is 0.0114. The summed E-state index contributed by atoms with van der Waals surface area (Å²) in [5.41, 5.74) is 4.78. The monoisotopic (exact) mass is 414 g/mol. The van der Waals surface area contributed by atoms with E-state index in [0.29, 0.717) is 0 Å². The minimum Gasteiger partial charge on any atom is -0.359 e. The molecule has 0 spiro atoms. The number of carbonyl (C=O) groups is 1. The van der Waals surface area contributed by atoms with E-state index in [1.54, 1.807) is 6.20 Å². The quantitative estimate of drug-likeness (QED) is 0.467. The summed E-state index contributed by atoms with van der Waals surface area (Å²) in [5.74, 6) is -0.0114. The zero-order valence-electron chi connectivity index (χ0n) is 17.5. The van der Waals surface area contributed by atoms with Crippen LogP contribution in [0, 0.1) is 0 Å². The van der Waals surface area contributed by atoms with Crippen molar-refractivity contribution in [1.82, 2.24) is 25.0 Å². The zero-order chi connectivity index (χ0) is 21.2. The Labute approximate surface area is 181 Å². The van der Waals surface area contributed by atoms with Crippen LogP contribution in [-0.2, 0) is 4.79 Å². The molecule has 2 aromatic heterocycles. The first-order valence-corrected chi connectivity index (χ1v) is 10.6. The number of nitrogens with one attached hydrogen (secondary N) is 3. The van der Waals surface area contributed by atoms with E-state index in [9.17, 15) is 4.79 Å². The van der Waals surface area contributed by atoms with E-state index in [0.717, 1.165) is 59.5 Å². The number of hydrogen-bond acceptors (Lipinski definition) is 4. The molecule has 1 saturated heterocycles. The molecule has 1 aliphatic rings. The molecule has 3 N–H and O–H groups in total. The molecular weight excluding hydrogens is 388 g/mol. The highest BCUT2D eigenvalue weighted by atomic mass is 16.2. The summed E-state index contributed by atoms with van der Waals surface area (Å²) in [4.78, 5) is 21.5. The number of piperazine rings is 1. The largest absolute Gasteiger partial charge is 0.359 e. The SMILES string of the molecule is CN1CCN(C(C(=O)Nc2cccc3c(-c4cn[nH]c4)c[nH]c23)c2ccccc2)CC1. The van der Waals surface area contributed by atoms with Crippen LogP contribution in [0.1, 0.15) is 11.6 Å². The third-order valence-electron chi connectivity index (χ3n) is 6.05. The van der Waals surface area contributed by atoms with Gasteiger partial charge in [0, 0.05) is 55.1 Å². The van der Waals surface area contributed by atoms with Crippen molar-refractivity contribution in [2.24, 2.45) is 0 Å². The number of fused-ring (bicyclic) bond motifs is 1. The van der Waals surface area contributed by atoms with Crippen molar-refractivity contribution in [2.45, 2.75) is 6.04 Å². The average molecular weight is 415 g/mol. The van der Waals surface area contributed by atoms with Crippen LogP contribution in [0.3, 0.4) is 0 Å². The number of aromatic nitrogens is 3. The van der Waals surface area contributed by atoms with Gasteiger partial charge in [0.15, 0.2) is 0 Å². The number of hydrogen-bond donors (Lipinski definition) is 3. The van der Waals surface area contributed by atoms with Gasteiger partial charge in [-0.15, -0.1) is 0 Å². The number of likely N-dealkylation sites (N-methyl/N-ethyl adjacent to an activating group) is 1. The predicted molar refractivity (Wildman–Crippen MR) is 123 cm³/mol. The molecule has 0 aliphatic carbocycles. The standard InChI is InChI=1S/C24H26N6O/c1-29-10-12-30(13-11-29)23(17-6-3-2-4-7-17)24(31)28-21-9-5-8-19-20(16-25-22(19)21)18-14-26-27-15-18/h2-9,14-16,23,25H,10-13H2,1H3,(H,26,27)(H,28,31). The van der Waals surface area contributed by atoms with E-state index >= 15 is 0 Å². The summed E-state index contributed by atoms with van der Waals surface area (Å²) >= 11 is 0. The number of H-pyrrole nitrogens is 2. The Morgan fingerprint density at radius 1 is 1.03 bits per heavy atom. The van der Waals surface area contributed by atoms with Crippen molar-refractivity contribution in [3.8, 4) is 11.1 Å². The zero-order valence-corrected chi connectivity index (χ0v) is 17.5. The molecule has 7 heteroatoms. The van der Waals surface area contributed by atoms with Gasteiger partial charge in [0.25, 0.3) is 0 Å². The summed E-state index contributed by atoms with van der Waals surface area (Å²) in [6.45, 7) is 3.63. The van der Waals surface area contributed by atoms with E-state index in [1.165, 1.54) is 0 Å². The molecule has 2 aromatic carbocycles. The van der Waals surface area contributed by atoms with Crippen molar-refractivity contribution in [2.75, 3.05) is 38.5 Å². The summed E-state index contributed by atoms with van der Waals surface area (Å²) in [7, 11) is 2.12. The van der Waals surface area contributed by atoms with E-state index in [-0.39, 0.29) is 11.9 Å².